The Balaban J connectivity index is 1.82. The SMILES string of the molecule is Cc1cccc(C[As](Cc2cccc(C)c2)Cc2cccc(C)c2)c1. The Morgan fingerprint density at radius 2 is 0.840 bits per heavy atom. The Hall–Kier alpha value is -1.78. The van der Waals surface area contributed by atoms with E-state index in [0.29, 0.717) is 0 Å². The number of aryl methyl sites for hydroxylation is 3. The molecule has 0 atom stereocenters. The summed E-state index contributed by atoms with van der Waals surface area (Å²) in [7, 11) is 0. The van der Waals surface area contributed by atoms with Crippen LogP contribution in [0, 0.1) is 20.8 Å². The van der Waals surface area contributed by atoms with Crippen molar-refractivity contribution in [3.05, 3.63) is 106 Å². The van der Waals surface area contributed by atoms with Crippen molar-refractivity contribution in [3.8, 4) is 0 Å². The molecule has 0 spiro atoms. The zero-order valence-corrected chi connectivity index (χ0v) is 17.4. The summed E-state index contributed by atoms with van der Waals surface area (Å²) in [5.74, 6) is 0. The second kappa shape index (κ2) is 8.54. The van der Waals surface area contributed by atoms with E-state index in [-0.39, 0.29) is 0 Å². The van der Waals surface area contributed by atoms with Crippen molar-refractivity contribution in [2.75, 3.05) is 0 Å². The van der Waals surface area contributed by atoms with Gasteiger partial charge in [0.1, 0.15) is 0 Å². The van der Waals surface area contributed by atoms with Crippen LogP contribution in [0.25, 0.3) is 0 Å². The van der Waals surface area contributed by atoms with Crippen LogP contribution in [0.3, 0.4) is 0 Å². The maximum absolute atomic E-state index is 2.37. The summed E-state index contributed by atoms with van der Waals surface area (Å²) in [5, 5.41) is 3.82. The molecule has 0 aliphatic heterocycles. The van der Waals surface area contributed by atoms with Crippen LogP contribution in [0.5, 0.6) is 0 Å². The van der Waals surface area contributed by atoms with E-state index in [1.165, 1.54) is 49.0 Å². The van der Waals surface area contributed by atoms with Gasteiger partial charge in [0.05, 0.1) is 0 Å². The third-order valence-corrected chi connectivity index (χ3v) is 9.58. The molecule has 0 saturated carbocycles. The first-order valence-corrected chi connectivity index (χ1v) is 13.0. The van der Waals surface area contributed by atoms with E-state index >= 15 is 0 Å². The van der Waals surface area contributed by atoms with Crippen molar-refractivity contribution in [2.24, 2.45) is 0 Å². The molecule has 0 bridgehead atoms. The molecular formula is C24H27As. The van der Waals surface area contributed by atoms with E-state index in [4.69, 9.17) is 0 Å². The van der Waals surface area contributed by atoms with Crippen LogP contribution in [0.15, 0.2) is 72.8 Å². The first-order valence-electron chi connectivity index (χ1n) is 8.97. The van der Waals surface area contributed by atoms with Crippen molar-refractivity contribution in [1.29, 1.82) is 0 Å². The van der Waals surface area contributed by atoms with Crippen LogP contribution in [0.1, 0.15) is 33.4 Å². The third kappa shape index (κ3) is 5.62. The number of rotatable bonds is 6. The second-order valence-corrected chi connectivity index (χ2v) is 11.9. The van der Waals surface area contributed by atoms with Gasteiger partial charge in [-0.25, -0.2) is 0 Å². The van der Waals surface area contributed by atoms with Crippen LogP contribution in [-0.2, 0) is 15.6 Å². The monoisotopic (exact) mass is 390 g/mol. The topological polar surface area (TPSA) is 0 Å². The molecule has 0 unspecified atom stereocenters. The third-order valence-electron chi connectivity index (χ3n) is 4.47. The molecule has 3 rings (SSSR count). The fraction of sp³-hybridized carbons (Fsp3) is 0.250. The van der Waals surface area contributed by atoms with E-state index < -0.39 is 14.7 Å². The predicted octanol–water partition coefficient (Wildman–Crippen LogP) is 5.75. The van der Waals surface area contributed by atoms with Gasteiger partial charge >= 0.3 is 157 Å². The van der Waals surface area contributed by atoms with Gasteiger partial charge in [0.25, 0.3) is 0 Å². The summed E-state index contributed by atoms with van der Waals surface area (Å²) in [6, 6.07) is 27.2. The standard InChI is InChI=1S/C24H27As/c1-19-7-4-10-22(13-19)16-25(17-23-11-5-8-20(2)14-23)18-24-12-6-9-21(3)15-24/h4-15H,16-18H2,1-3H3. The fourth-order valence-corrected chi connectivity index (χ4v) is 8.57. The minimum absolute atomic E-state index is 1.06. The van der Waals surface area contributed by atoms with Gasteiger partial charge in [-0.1, -0.05) is 0 Å². The zero-order chi connectivity index (χ0) is 17.6. The zero-order valence-electron chi connectivity index (χ0n) is 15.5. The molecule has 0 aliphatic rings. The molecule has 0 nitrogen and oxygen atoms in total. The number of benzene rings is 3. The summed E-state index contributed by atoms with van der Waals surface area (Å²) >= 11 is -1.06. The van der Waals surface area contributed by atoms with Crippen molar-refractivity contribution in [2.45, 2.75) is 36.4 Å². The van der Waals surface area contributed by atoms with Gasteiger partial charge in [-0.2, -0.15) is 0 Å². The molecule has 0 N–H and O–H groups in total. The van der Waals surface area contributed by atoms with Gasteiger partial charge in [0, 0.05) is 0 Å². The Kier molecular flexibility index (Phi) is 6.16. The average molecular weight is 390 g/mol. The van der Waals surface area contributed by atoms with E-state index in [9.17, 15) is 0 Å². The Bertz CT molecular complexity index is 722. The number of hydrogen-bond acceptors (Lipinski definition) is 0. The van der Waals surface area contributed by atoms with Gasteiger partial charge in [0.2, 0.25) is 0 Å². The fourth-order valence-electron chi connectivity index (χ4n) is 3.37. The summed E-state index contributed by atoms with van der Waals surface area (Å²) in [5.41, 5.74) is 8.66. The van der Waals surface area contributed by atoms with Crippen molar-refractivity contribution < 1.29 is 0 Å². The molecule has 0 amide bonds. The van der Waals surface area contributed by atoms with Crippen molar-refractivity contribution >= 4 is 14.7 Å². The van der Waals surface area contributed by atoms with Gasteiger partial charge in [-0.15, -0.1) is 0 Å². The second-order valence-electron chi connectivity index (χ2n) is 7.11. The molecule has 0 fully saturated rings. The average Bonchev–Trinajstić information content (AvgIpc) is 2.55. The van der Waals surface area contributed by atoms with E-state index in [1.807, 2.05) is 0 Å². The number of hydrogen-bond donors (Lipinski definition) is 0. The molecule has 0 saturated heterocycles. The molecule has 1 heteroatoms. The Labute approximate surface area is 157 Å². The van der Waals surface area contributed by atoms with Gasteiger partial charge < -0.3 is 0 Å². The summed E-state index contributed by atoms with van der Waals surface area (Å²) < 4.78 is 0. The van der Waals surface area contributed by atoms with E-state index in [1.54, 1.807) is 0 Å². The van der Waals surface area contributed by atoms with Crippen molar-refractivity contribution in [1.82, 2.24) is 0 Å². The summed E-state index contributed by atoms with van der Waals surface area (Å²) in [6.07, 6.45) is 0. The van der Waals surface area contributed by atoms with E-state index in [2.05, 4.69) is 93.6 Å². The van der Waals surface area contributed by atoms with Gasteiger partial charge in [0.15, 0.2) is 0 Å². The van der Waals surface area contributed by atoms with Gasteiger partial charge in [-0.3, -0.25) is 0 Å². The first kappa shape index (κ1) is 18.0. The maximum atomic E-state index is 2.37. The van der Waals surface area contributed by atoms with Crippen LogP contribution in [0.2, 0.25) is 0 Å². The molecule has 0 heterocycles. The normalized spacial score (nSPS) is 11.0. The first-order chi connectivity index (χ1) is 12.1. The Morgan fingerprint density at radius 1 is 0.520 bits per heavy atom. The molecule has 128 valence electrons. The quantitative estimate of drug-likeness (QED) is 0.470. The Morgan fingerprint density at radius 3 is 1.12 bits per heavy atom. The molecule has 3 aromatic carbocycles. The molecular weight excluding hydrogens is 363 g/mol. The van der Waals surface area contributed by atoms with Crippen LogP contribution < -0.4 is 0 Å². The summed E-state index contributed by atoms with van der Waals surface area (Å²) in [6.45, 7) is 6.59. The van der Waals surface area contributed by atoms with Crippen LogP contribution >= 0.6 is 0 Å². The molecule has 0 radical (unpaired) electrons. The van der Waals surface area contributed by atoms with Crippen LogP contribution in [0.4, 0.5) is 0 Å². The molecule has 3 aromatic rings. The van der Waals surface area contributed by atoms with E-state index in [0.717, 1.165) is 0 Å². The summed E-state index contributed by atoms with van der Waals surface area (Å²) in [4.78, 5) is 0. The van der Waals surface area contributed by atoms with Crippen molar-refractivity contribution in [3.63, 3.8) is 0 Å². The molecule has 25 heavy (non-hydrogen) atoms. The molecule has 0 aromatic heterocycles. The predicted molar refractivity (Wildman–Crippen MR) is 110 cm³/mol. The molecule has 0 aliphatic carbocycles. The van der Waals surface area contributed by atoms with Gasteiger partial charge in [-0.05, 0) is 0 Å². The minimum atomic E-state index is -1.06. The van der Waals surface area contributed by atoms with Crippen LogP contribution in [-0.4, -0.2) is 14.7 Å².